The van der Waals surface area contributed by atoms with Crippen LogP contribution < -0.4 is 15.4 Å². The molecule has 2 aliphatic rings. The summed E-state index contributed by atoms with van der Waals surface area (Å²) >= 11 is 0. The van der Waals surface area contributed by atoms with Crippen LogP contribution in [0.5, 0.6) is 5.75 Å². The van der Waals surface area contributed by atoms with Crippen LogP contribution in [0.2, 0.25) is 0 Å². The number of alkyl halides is 3. The number of ether oxygens (including phenoxy) is 1. The number of aliphatic carboxylic acids is 3. The zero-order chi connectivity index (χ0) is 55.4. The molecular formula is C47H65F3N12O13S. The Morgan fingerprint density at radius 3 is 2.14 bits per heavy atom. The molecule has 0 bridgehead atoms. The molecule has 25 nitrogen and oxygen atoms in total. The van der Waals surface area contributed by atoms with Crippen molar-refractivity contribution in [3.63, 3.8) is 0 Å². The molecule has 5 rings (SSSR count). The van der Waals surface area contributed by atoms with Gasteiger partial charge in [0.2, 0.25) is 11.8 Å². The number of carboxylic acid groups (broad SMARTS) is 3. The largest absolute Gasteiger partial charge is 0.491 e. The average Bonchev–Trinajstić information content (AvgIpc) is 3.95. The number of nitrogens with one attached hydrogen (secondary N) is 2. The predicted octanol–water partition coefficient (Wildman–Crippen LogP) is 0.464. The maximum Gasteiger partial charge on any atom is 0.320 e. The molecule has 0 spiro atoms. The summed E-state index contributed by atoms with van der Waals surface area (Å²) in [5.41, 5.74) is 0.737. The van der Waals surface area contributed by atoms with E-state index in [0.29, 0.717) is 42.5 Å². The van der Waals surface area contributed by atoms with Crippen LogP contribution in [0.15, 0.2) is 36.7 Å². The average molecular weight is 1100 g/mol. The summed E-state index contributed by atoms with van der Waals surface area (Å²) < 4.78 is 81.0. The van der Waals surface area contributed by atoms with Crippen molar-refractivity contribution in [3.05, 3.63) is 47.9 Å². The smallest absolute Gasteiger partial charge is 0.320 e. The van der Waals surface area contributed by atoms with E-state index >= 15 is 0 Å². The molecule has 1 aromatic carbocycles. The van der Waals surface area contributed by atoms with Gasteiger partial charge in [0, 0.05) is 96.1 Å². The van der Waals surface area contributed by atoms with Crippen molar-refractivity contribution in [2.24, 2.45) is 0 Å². The lowest BCUT2D eigenvalue weighted by Crippen LogP contribution is -2.52. The number of carbonyl (C=O) groups excluding carboxylic acids is 3. The van der Waals surface area contributed by atoms with Gasteiger partial charge in [-0.15, -0.1) is 5.10 Å². The number of benzene rings is 1. The second-order valence-corrected chi connectivity index (χ2v) is 20.3. The lowest BCUT2D eigenvalue weighted by molar-refractivity contribution is -0.145. The molecule has 3 amide bonds. The number of hydrogen-bond donors (Lipinski definition) is 6. The molecule has 0 aliphatic carbocycles. The lowest BCUT2D eigenvalue weighted by atomic mass is 10.1. The Morgan fingerprint density at radius 2 is 1.53 bits per heavy atom. The second-order valence-electron chi connectivity index (χ2n) is 18.6. The van der Waals surface area contributed by atoms with Crippen LogP contribution in [0.1, 0.15) is 61.0 Å². The van der Waals surface area contributed by atoms with Crippen LogP contribution in [0.4, 0.5) is 13.2 Å². The van der Waals surface area contributed by atoms with E-state index in [1.54, 1.807) is 43.9 Å². The third-order valence-electron chi connectivity index (χ3n) is 12.9. The van der Waals surface area contributed by atoms with Gasteiger partial charge < -0.3 is 35.6 Å². The Kier molecular flexibility index (Phi) is 23.1. The minimum atomic E-state index is -4.45. The maximum absolute atomic E-state index is 13.9. The molecule has 29 heteroatoms. The topological polar surface area (TPSA) is 334 Å². The number of amides is 3. The highest BCUT2D eigenvalue weighted by atomic mass is 32.2. The molecule has 6 N–H and O–H groups in total. The van der Waals surface area contributed by atoms with E-state index in [1.807, 2.05) is 0 Å². The summed E-state index contributed by atoms with van der Waals surface area (Å²) in [6.45, 7) is -1.17. The Hall–Kier alpha value is -6.58. The zero-order valence-corrected chi connectivity index (χ0v) is 42.7. The molecule has 2 aliphatic heterocycles. The number of aromatic nitrogens is 4. The number of rotatable bonds is 27. The number of fused-ring (bicyclic) bond motifs is 1. The first-order valence-corrected chi connectivity index (χ1v) is 26.3. The van der Waals surface area contributed by atoms with Gasteiger partial charge in [-0.2, -0.15) is 13.7 Å². The number of nitriles is 1. The van der Waals surface area contributed by atoms with Gasteiger partial charge in [-0.25, -0.2) is 8.78 Å². The molecule has 4 heterocycles. The van der Waals surface area contributed by atoms with Crippen LogP contribution in [0, 0.1) is 11.3 Å². The third kappa shape index (κ3) is 19.2. The summed E-state index contributed by atoms with van der Waals surface area (Å²) in [6, 6.07) is 5.67. The standard InChI is InChI=1S/C47H65F3N12O13S/c48-11-4-6-35(76(72,73)74)24-33-28-61(56-55-33)14-2-1-8-38(46(70)71)60-21-19-58(30-42(65)66)17-15-57(16-18-59(20-22-60)31-43(67)68)29-40(63)52-12-5-23-75-39-9-3-7-36-37(10-13-53-44(36)39)45(69)54-27-41(64)62-32-47(49,50)25-34(62)26-51/h3,7,9-10,13,28,34-35,38H,1-2,4-6,8,11-12,14-25,27,29-32H2,(H,52,63)(H,54,69)(H,65,66)(H,67,68)(H,70,71)(H,72,73,74)/t34-,35?,38?/m0/s1. The van der Waals surface area contributed by atoms with Crippen LogP contribution in [0.25, 0.3) is 10.9 Å². The number of likely N-dealkylation sites (tertiary alicyclic amines) is 1. The molecular weight excluding hydrogens is 1030 g/mol. The van der Waals surface area contributed by atoms with Gasteiger partial charge in [-0.3, -0.25) is 67.0 Å². The monoisotopic (exact) mass is 1090 g/mol. The van der Waals surface area contributed by atoms with Gasteiger partial charge in [0.25, 0.3) is 21.9 Å². The van der Waals surface area contributed by atoms with Crippen molar-refractivity contribution in [1.82, 2.24) is 55.1 Å². The summed E-state index contributed by atoms with van der Waals surface area (Å²) in [4.78, 5) is 87.6. The Labute approximate surface area is 436 Å². The SMILES string of the molecule is N#C[C@@H]1CC(F)(F)CN1C(=O)CNC(=O)c1ccnc2c(OCCCNC(=O)CN3CCN(CC(=O)O)CCN(C(CCCCn4cc(CC(CCCF)S(=O)(=O)O)nn4)C(=O)O)CCN(CC(=O)O)CC3)cccc12. The van der Waals surface area contributed by atoms with E-state index in [4.69, 9.17) is 4.74 Å². The fourth-order valence-corrected chi connectivity index (χ4v) is 9.83. The van der Waals surface area contributed by atoms with E-state index in [2.05, 4.69) is 25.9 Å². The summed E-state index contributed by atoms with van der Waals surface area (Å²) in [6.07, 6.45) is 3.14. The van der Waals surface area contributed by atoms with Crippen LogP contribution >= 0.6 is 0 Å². The number of para-hydroxylation sites is 1. The predicted molar refractivity (Wildman–Crippen MR) is 264 cm³/mol. The third-order valence-corrected chi connectivity index (χ3v) is 14.2. The second kappa shape index (κ2) is 29.1. The quantitative estimate of drug-likeness (QED) is 0.0446. The molecule has 2 unspecified atom stereocenters. The Morgan fingerprint density at radius 1 is 0.868 bits per heavy atom. The summed E-state index contributed by atoms with van der Waals surface area (Å²) in [7, 11) is -4.45. The molecule has 418 valence electrons. The van der Waals surface area contributed by atoms with E-state index in [1.165, 1.54) is 23.1 Å². The van der Waals surface area contributed by atoms with E-state index in [-0.39, 0.29) is 128 Å². The van der Waals surface area contributed by atoms with Crippen LogP contribution in [-0.4, -0.2) is 237 Å². The van der Waals surface area contributed by atoms with Crippen molar-refractivity contribution in [2.45, 2.75) is 81.2 Å². The number of aryl methyl sites for hydroxylation is 1. The first-order chi connectivity index (χ1) is 36.2. The summed E-state index contributed by atoms with van der Waals surface area (Å²) in [5.74, 6) is -8.10. The Bertz CT molecular complexity index is 2600. The van der Waals surface area contributed by atoms with E-state index in [9.17, 15) is 75.5 Å². The van der Waals surface area contributed by atoms with Gasteiger partial charge in [-0.05, 0) is 50.7 Å². The van der Waals surface area contributed by atoms with Crippen LogP contribution in [0.3, 0.4) is 0 Å². The molecule has 2 saturated heterocycles. The maximum atomic E-state index is 13.9. The molecule has 3 atom stereocenters. The van der Waals surface area contributed by atoms with E-state index in [0.717, 1.165) is 4.90 Å². The minimum absolute atomic E-state index is 0.0522. The highest BCUT2D eigenvalue weighted by molar-refractivity contribution is 7.86. The van der Waals surface area contributed by atoms with Gasteiger partial charge in [-0.1, -0.05) is 17.3 Å². The van der Waals surface area contributed by atoms with Crippen LogP contribution in [-0.2, 0) is 47.1 Å². The highest BCUT2D eigenvalue weighted by Crippen LogP contribution is 2.32. The Balaban J connectivity index is 1.12. The number of pyridine rings is 1. The van der Waals surface area contributed by atoms with Crippen molar-refractivity contribution in [3.8, 4) is 11.8 Å². The minimum Gasteiger partial charge on any atom is -0.491 e. The molecule has 2 fully saturated rings. The number of halogens is 3. The first-order valence-electron chi connectivity index (χ1n) is 24.8. The van der Waals surface area contributed by atoms with E-state index < -0.39 is 89.3 Å². The summed E-state index contributed by atoms with van der Waals surface area (Å²) in [5, 5.41) is 51.5. The van der Waals surface area contributed by atoms with Gasteiger partial charge >= 0.3 is 17.9 Å². The van der Waals surface area contributed by atoms with Crippen molar-refractivity contribution < 1.29 is 75.0 Å². The number of carboxylic acids is 3. The first kappa shape index (κ1) is 60.3. The van der Waals surface area contributed by atoms with Gasteiger partial charge in [0.1, 0.15) is 23.3 Å². The van der Waals surface area contributed by atoms with Gasteiger partial charge in [0.15, 0.2) is 0 Å². The van der Waals surface area contributed by atoms with Gasteiger partial charge in [0.05, 0.1) is 68.6 Å². The molecule has 3 aromatic rings. The lowest BCUT2D eigenvalue weighted by Gasteiger charge is -2.35. The van der Waals surface area contributed by atoms with Crippen molar-refractivity contribution >= 4 is 56.7 Å². The molecule has 0 radical (unpaired) electrons. The number of nitrogens with zero attached hydrogens (tertiary/aromatic N) is 10. The highest BCUT2D eigenvalue weighted by Gasteiger charge is 2.47. The molecule has 0 saturated carbocycles. The molecule has 76 heavy (non-hydrogen) atoms. The van der Waals surface area contributed by atoms with Crippen molar-refractivity contribution in [1.29, 1.82) is 5.26 Å². The number of carbonyl (C=O) groups is 6. The fourth-order valence-electron chi connectivity index (χ4n) is 8.98. The molecule has 2 aromatic heterocycles. The number of unbranched alkanes of at least 4 members (excludes halogenated alkanes) is 1. The number of hydrogen-bond acceptors (Lipinski definition) is 17. The zero-order valence-electron chi connectivity index (χ0n) is 41.9. The normalized spacial score (nSPS) is 18.2. The fraction of sp³-hybridized carbons (Fsp3) is 0.617. The van der Waals surface area contributed by atoms with Crippen molar-refractivity contribution in [2.75, 3.05) is 105 Å².